The van der Waals surface area contributed by atoms with Crippen LogP contribution in [-0.2, 0) is 9.53 Å². The number of halogens is 2. The number of esters is 1. The standard InChI is InChI=1S/C17H11BrFNO3/c1-22-13-4-2-3-10(8-13)16-20-15(17(21)23-16)9-11-7-12(18)5-6-14(11)19/h2-9H,1H3/b15-9+. The molecule has 0 fully saturated rings. The second kappa shape index (κ2) is 6.34. The van der Waals surface area contributed by atoms with Crippen LogP contribution in [0.25, 0.3) is 6.08 Å². The molecule has 4 nitrogen and oxygen atoms in total. The molecule has 0 unspecified atom stereocenters. The van der Waals surface area contributed by atoms with Crippen LogP contribution in [0, 0.1) is 5.82 Å². The summed E-state index contributed by atoms with van der Waals surface area (Å²) in [5, 5.41) is 0. The summed E-state index contributed by atoms with van der Waals surface area (Å²) in [5.74, 6) is -0.284. The molecule has 0 saturated heterocycles. The Balaban J connectivity index is 1.98. The molecule has 0 amide bonds. The van der Waals surface area contributed by atoms with Crippen molar-refractivity contribution in [2.45, 2.75) is 0 Å². The van der Waals surface area contributed by atoms with E-state index >= 15 is 0 Å². The van der Waals surface area contributed by atoms with Gasteiger partial charge < -0.3 is 9.47 Å². The van der Waals surface area contributed by atoms with Gasteiger partial charge in [-0.05, 0) is 42.5 Å². The molecule has 116 valence electrons. The van der Waals surface area contributed by atoms with Gasteiger partial charge in [0.05, 0.1) is 7.11 Å². The number of benzene rings is 2. The monoisotopic (exact) mass is 375 g/mol. The Labute approximate surface area is 140 Å². The van der Waals surface area contributed by atoms with Crippen molar-refractivity contribution in [1.82, 2.24) is 0 Å². The summed E-state index contributed by atoms with van der Waals surface area (Å²) in [7, 11) is 1.54. The number of carbonyl (C=O) groups is 1. The van der Waals surface area contributed by atoms with Gasteiger partial charge in [-0.3, -0.25) is 0 Å². The zero-order chi connectivity index (χ0) is 16.4. The van der Waals surface area contributed by atoms with Crippen LogP contribution in [-0.4, -0.2) is 19.0 Å². The highest BCUT2D eigenvalue weighted by Crippen LogP contribution is 2.23. The Hall–Kier alpha value is -2.47. The van der Waals surface area contributed by atoms with Gasteiger partial charge in [-0.2, -0.15) is 0 Å². The fraction of sp³-hybridized carbons (Fsp3) is 0.0588. The summed E-state index contributed by atoms with van der Waals surface area (Å²) in [4.78, 5) is 16.1. The Morgan fingerprint density at radius 1 is 1.26 bits per heavy atom. The maximum absolute atomic E-state index is 13.8. The van der Waals surface area contributed by atoms with Gasteiger partial charge in [0.15, 0.2) is 5.70 Å². The highest BCUT2D eigenvalue weighted by atomic mass is 79.9. The number of rotatable bonds is 3. The first-order valence-electron chi connectivity index (χ1n) is 6.69. The third-order valence-corrected chi connectivity index (χ3v) is 3.68. The zero-order valence-electron chi connectivity index (χ0n) is 12.0. The van der Waals surface area contributed by atoms with Crippen molar-refractivity contribution in [3.8, 4) is 5.75 Å². The maximum atomic E-state index is 13.8. The molecule has 0 N–H and O–H groups in total. The fourth-order valence-corrected chi connectivity index (χ4v) is 2.44. The Morgan fingerprint density at radius 2 is 2.09 bits per heavy atom. The Kier molecular flexibility index (Phi) is 4.25. The predicted molar refractivity (Wildman–Crippen MR) is 87.7 cm³/mol. The molecular formula is C17H11BrFNO3. The van der Waals surface area contributed by atoms with E-state index in [9.17, 15) is 9.18 Å². The molecule has 0 radical (unpaired) electrons. The zero-order valence-corrected chi connectivity index (χ0v) is 13.6. The topological polar surface area (TPSA) is 47.9 Å². The largest absolute Gasteiger partial charge is 0.497 e. The third-order valence-electron chi connectivity index (χ3n) is 3.19. The molecule has 23 heavy (non-hydrogen) atoms. The number of aliphatic imine (C=N–C) groups is 1. The number of cyclic esters (lactones) is 1. The first kappa shape index (κ1) is 15.4. The van der Waals surface area contributed by atoms with Gasteiger partial charge >= 0.3 is 5.97 Å². The van der Waals surface area contributed by atoms with Gasteiger partial charge in [-0.25, -0.2) is 14.2 Å². The molecule has 0 bridgehead atoms. The SMILES string of the molecule is COc1cccc(C2=N/C(=C/c3cc(Br)ccc3F)C(=O)O2)c1. The van der Waals surface area contributed by atoms with E-state index in [-0.39, 0.29) is 17.2 Å². The van der Waals surface area contributed by atoms with E-state index in [0.717, 1.165) is 0 Å². The Bertz CT molecular complexity index is 845. The van der Waals surface area contributed by atoms with Crippen LogP contribution in [0.5, 0.6) is 5.75 Å². The molecule has 1 aliphatic rings. The minimum absolute atomic E-state index is 0.0415. The number of nitrogens with zero attached hydrogens (tertiary/aromatic N) is 1. The van der Waals surface area contributed by atoms with Crippen LogP contribution >= 0.6 is 15.9 Å². The molecule has 1 heterocycles. The van der Waals surface area contributed by atoms with Crippen LogP contribution in [0.4, 0.5) is 4.39 Å². The molecular weight excluding hydrogens is 365 g/mol. The lowest BCUT2D eigenvalue weighted by Crippen LogP contribution is -2.05. The summed E-state index contributed by atoms with van der Waals surface area (Å²) < 4.78 is 24.8. The van der Waals surface area contributed by atoms with Gasteiger partial charge in [-0.1, -0.05) is 22.0 Å². The van der Waals surface area contributed by atoms with E-state index in [2.05, 4.69) is 20.9 Å². The number of hydrogen-bond donors (Lipinski definition) is 0. The highest BCUT2D eigenvalue weighted by Gasteiger charge is 2.24. The molecule has 0 aromatic heterocycles. The molecule has 2 aromatic carbocycles. The molecule has 0 saturated carbocycles. The van der Waals surface area contributed by atoms with Crippen molar-refractivity contribution in [2.75, 3.05) is 7.11 Å². The summed E-state index contributed by atoms with van der Waals surface area (Å²) in [6, 6.07) is 11.4. The van der Waals surface area contributed by atoms with Gasteiger partial charge in [0.2, 0.25) is 5.90 Å². The third kappa shape index (κ3) is 3.32. The van der Waals surface area contributed by atoms with Gasteiger partial charge in [0, 0.05) is 15.6 Å². The number of carbonyl (C=O) groups excluding carboxylic acids is 1. The first-order valence-corrected chi connectivity index (χ1v) is 7.48. The molecule has 6 heteroatoms. The lowest BCUT2D eigenvalue weighted by Gasteiger charge is -2.02. The lowest BCUT2D eigenvalue weighted by atomic mass is 10.2. The molecule has 3 rings (SSSR count). The van der Waals surface area contributed by atoms with Crippen LogP contribution in [0.1, 0.15) is 11.1 Å². The highest BCUT2D eigenvalue weighted by molar-refractivity contribution is 9.10. The average molecular weight is 376 g/mol. The van der Waals surface area contributed by atoms with E-state index < -0.39 is 11.8 Å². The lowest BCUT2D eigenvalue weighted by molar-refractivity contribution is -0.129. The first-order chi connectivity index (χ1) is 11.1. The summed E-state index contributed by atoms with van der Waals surface area (Å²) in [6.07, 6.45) is 1.36. The van der Waals surface area contributed by atoms with Gasteiger partial charge in [0.25, 0.3) is 0 Å². The molecule has 0 spiro atoms. The van der Waals surface area contributed by atoms with Crippen molar-refractivity contribution < 1.29 is 18.7 Å². The molecule has 0 aliphatic carbocycles. The van der Waals surface area contributed by atoms with E-state index in [1.54, 1.807) is 43.5 Å². The van der Waals surface area contributed by atoms with Crippen LogP contribution < -0.4 is 4.74 Å². The van der Waals surface area contributed by atoms with Crippen LogP contribution in [0.15, 0.2) is 57.6 Å². The second-order valence-corrected chi connectivity index (χ2v) is 5.65. The van der Waals surface area contributed by atoms with Crippen molar-refractivity contribution in [3.63, 3.8) is 0 Å². The average Bonchev–Trinajstić information content (AvgIpc) is 2.92. The molecule has 1 aliphatic heterocycles. The Morgan fingerprint density at radius 3 is 2.87 bits per heavy atom. The van der Waals surface area contributed by atoms with E-state index in [0.29, 0.717) is 15.8 Å². The van der Waals surface area contributed by atoms with Crippen molar-refractivity contribution >= 4 is 33.9 Å². The van der Waals surface area contributed by atoms with Crippen LogP contribution in [0.3, 0.4) is 0 Å². The minimum Gasteiger partial charge on any atom is -0.497 e. The predicted octanol–water partition coefficient (Wildman–Crippen LogP) is 3.94. The maximum Gasteiger partial charge on any atom is 0.363 e. The molecule has 0 atom stereocenters. The smallest absolute Gasteiger partial charge is 0.363 e. The normalized spacial score (nSPS) is 15.5. The van der Waals surface area contributed by atoms with E-state index in [1.807, 2.05) is 0 Å². The fourth-order valence-electron chi connectivity index (χ4n) is 2.06. The second-order valence-electron chi connectivity index (χ2n) is 4.73. The summed E-state index contributed by atoms with van der Waals surface area (Å²) >= 11 is 3.26. The van der Waals surface area contributed by atoms with Crippen molar-refractivity contribution in [2.24, 2.45) is 4.99 Å². The summed E-state index contributed by atoms with van der Waals surface area (Å²) in [6.45, 7) is 0. The van der Waals surface area contributed by atoms with Gasteiger partial charge in [-0.15, -0.1) is 0 Å². The number of hydrogen-bond acceptors (Lipinski definition) is 4. The van der Waals surface area contributed by atoms with E-state index in [4.69, 9.17) is 9.47 Å². The van der Waals surface area contributed by atoms with E-state index in [1.165, 1.54) is 12.1 Å². The van der Waals surface area contributed by atoms with Crippen molar-refractivity contribution in [1.29, 1.82) is 0 Å². The quantitative estimate of drug-likeness (QED) is 0.602. The number of methoxy groups -OCH3 is 1. The van der Waals surface area contributed by atoms with Crippen LogP contribution in [0.2, 0.25) is 0 Å². The number of ether oxygens (including phenoxy) is 2. The summed E-state index contributed by atoms with van der Waals surface area (Å²) in [5.41, 5.74) is 0.901. The minimum atomic E-state index is -0.623. The molecule has 2 aromatic rings. The van der Waals surface area contributed by atoms with Gasteiger partial charge in [0.1, 0.15) is 11.6 Å². The van der Waals surface area contributed by atoms with Crippen molar-refractivity contribution in [3.05, 3.63) is 69.6 Å².